The second-order valence-electron chi connectivity index (χ2n) is 6.49. The lowest BCUT2D eigenvalue weighted by molar-refractivity contribution is -0.137. The number of piperidine rings is 1. The molecule has 2 heterocycles. The minimum Gasteiger partial charge on any atom is -0.338 e. The third-order valence-corrected chi connectivity index (χ3v) is 6.10. The molecule has 1 fully saturated rings. The number of amides is 2. The predicted molar refractivity (Wildman–Crippen MR) is 105 cm³/mol. The molecule has 26 heavy (non-hydrogen) atoms. The van der Waals surface area contributed by atoms with E-state index in [2.05, 4.69) is 0 Å². The summed E-state index contributed by atoms with van der Waals surface area (Å²) in [6.07, 6.45) is 1.43. The summed E-state index contributed by atoms with van der Waals surface area (Å²) in [7, 11) is 0. The first-order valence-electron chi connectivity index (χ1n) is 8.95. The molecule has 0 bridgehead atoms. The van der Waals surface area contributed by atoms with Gasteiger partial charge in [-0.1, -0.05) is 35.9 Å². The first kappa shape index (κ1) is 18.9. The lowest BCUT2D eigenvalue weighted by atomic mass is 9.95. The quantitative estimate of drug-likeness (QED) is 0.763. The van der Waals surface area contributed by atoms with Crippen LogP contribution in [0.2, 0.25) is 5.02 Å². The molecule has 138 valence electrons. The second kappa shape index (κ2) is 8.69. The van der Waals surface area contributed by atoms with Crippen molar-refractivity contribution in [3.8, 4) is 0 Å². The van der Waals surface area contributed by atoms with Crippen molar-refractivity contribution in [1.82, 2.24) is 9.80 Å². The molecule has 1 aromatic heterocycles. The second-order valence-corrected chi connectivity index (χ2v) is 7.84. The van der Waals surface area contributed by atoms with E-state index in [0.717, 1.165) is 23.3 Å². The Morgan fingerprint density at radius 2 is 1.92 bits per heavy atom. The van der Waals surface area contributed by atoms with Crippen molar-refractivity contribution < 1.29 is 9.59 Å². The van der Waals surface area contributed by atoms with Crippen molar-refractivity contribution in [3.63, 3.8) is 0 Å². The number of hydrogen-bond acceptors (Lipinski definition) is 3. The van der Waals surface area contributed by atoms with Crippen molar-refractivity contribution in [2.24, 2.45) is 5.92 Å². The van der Waals surface area contributed by atoms with Crippen LogP contribution < -0.4 is 0 Å². The van der Waals surface area contributed by atoms with Crippen LogP contribution in [0, 0.1) is 5.92 Å². The number of benzene rings is 1. The molecular formula is C20H23ClN2O2S. The number of hydrogen-bond donors (Lipinski definition) is 0. The summed E-state index contributed by atoms with van der Waals surface area (Å²) in [4.78, 5) is 29.9. The SMILES string of the molecule is CCN(Cc1ccccc1Cl)C(=O)C1CCN(C(=O)c2cccs2)CC1. The van der Waals surface area contributed by atoms with Crippen LogP contribution in [0.15, 0.2) is 41.8 Å². The van der Waals surface area contributed by atoms with E-state index in [1.165, 1.54) is 11.3 Å². The van der Waals surface area contributed by atoms with E-state index in [1.807, 2.05) is 58.5 Å². The summed E-state index contributed by atoms with van der Waals surface area (Å²) < 4.78 is 0. The molecule has 0 spiro atoms. The number of carbonyl (C=O) groups is 2. The Labute approximate surface area is 163 Å². The number of nitrogens with zero attached hydrogens (tertiary/aromatic N) is 2. The lowest BCUT2D eigenvalue weighted by Gasteiger charge is -2.34. The largest absolute Gasteiger partial charge is 0.338 e. The van der Waals surface area contributed by atoms with Gasteiger partial charge in [0, 0.05) is 37.1 Å². The smallest absolute Gasteiger partial charge is 0.263 e. The average Bonchev–Trinajstić information content (AvgIpc) is 3.21. The highest BCUT2D eigenvalue weighted by atomic mass is 35.5. The van der Waals surface area contributed by atoms with Crippen molar-refractivity contribution in [2.45, 2.75) is 26.3 Å². The maximum absolute atomic E-state index is 12.9. The molecule has 0 N–H and O–H groups in total. The van der Waals surface area contributed by atoms with Gasteiger partial charge < -0.3 is 9.80 Å². The van der Waals surface area contributed by atoms with Gasteiger partial charge in [-0.25, -0.2) is 0 Å². The Hall–Kier alpha value is -1.85. The summed E-state index contributed by atoms with van der Waals surface area (Å²) >= 11 is 7.70. The Kier molecular flexibility index (Phi) is 6.33. The van der Waals surface area contributed by atoms with E-state index >= 15 is 0 Å². The molecule has 2 aromatic rings. The van der Waals surface area contributed by atoms with Crippen LogP contribution >= 0.6 is 22.9 Å². The number of thiophene rings is 1. The van der Waals surface area contributed by atoms with Crippen LogP contribution in [-0.2, 0) is 11.3 Å². The number of rotatable bonds is 5. The molecule has 0 saturated carbocycles. The standard InChI is InChI=1S/C20H23ClN2O2S/c1-2-22(14-16-6-3-4-7-17(16)21)19(24)15-9-11-23(12-10-15)20(25)18-8-5-13-26-18/h3-8,13,15H,2,9-12,14H2,1H3. The number of halogens is 1. The van der Waals surface area contributed by atoms with Crippen LogP contribution in [0.25, 0.3) is 0 Å². The summed E-state index contributed by atoms with van der Waals surface area (Å²) in [5, 5.41) is 2.60. The maximum atomic E-state index is 12.9. The molecule has 1 aliphatic heterocycles. The first-order valence-corrected chi connectivity index (χ1v) is 10.2. The minimum absolute atomic E-state index is 0.0233. The fourth-order valence-corrected chi connectivity index (χ4v) is 4.21. The number of carbonyl (C=O) groups excluding carboxylic acids is 2. The zero-order valence-electron chi connectivity index (χ0n) is 14.9. The summed E-state index contributed by atoms with van der Waals surface area (Å²) in [5.41, 5.74) is 0.967. The highest BCUT2D eigenvalue weighted by Crippen LogP contribution is 2.24. The highest BCUT2D eigenvalue weighted by molar-refractivity contribution is 7.12. The van der Waals surface area contributed by atoms with Crippen molar-refractivity contribution >= 4 is 34.8 Å². The Bertz CT molecular complexity index is 755. The normalized spacial score (nSPS) is 15.1. The zero-order valence-corrected chi connectivity index (χ0v) is 16.4. The predicted octanol–water partition coefficient (Wildman–Crippen LogP) is 4.30. The van der Waals surface area contributed by atoms with Gasteiger partial charge in [0.25, 0.3) is 5.91 Å². The molecule has 1 aromatic carbocycles. The zero-order chi connectivity index (χ0) is 18.5. The van der Waals surface area contributed by atoms with Crippen LogP contribution in [0.4, 0.5) is 0 Å². The van der Waals surface area contributed by atoms with Crippen molar-refractivity contribution in [1.29, 1.82) is 0 Å². The van der Waals surface area contributed by atoms with E-state index in [4.69, 9.17) is 11.6 Å². The number of likely N-dealkylation sites (tertiary alicyclic amines) is 1. The van der Waals surface area contributed by atoms with Gasteiger partial charge in [-0.2, -0.15) is 0 Å². The minimum atomic E-state index is -0.0233. The molecular weight excluding hydrogens is 368 g/mol. The summed E-state index contributed by atoms with van der Waals surface area (Å²) in [6, 6.07) is 11.4. The van der Waals surface area contributed by atoms with E-state index in [0.29, 0.717) is 31.2 Å². The van der Waals surface area contributed by atoms with Gasteiger partial charge in [0.15, 0.2) is 0 Å². The van der Waals surface area contributed by atoms with Crippen LogP contribution in [-0.4, -0.2) is 41.2 Å². The monoisotopic (exact) mass is 390 g/mol. The highest BCUT2D eigenvalue weighted by Gasteiger charge is 2.30. The Morgan fingerprint density at radius 3 is 2.54 bits per heavy atom. The van der Waals surface area contributed by atoms with Gasteiger partial charge >= 0.3 is 0 Å². The fraction of sp³-hybridized carbons (Fsp3) is 0.400. The molecule has 6 heteroatoms. The summed E-state index contributed by atoms with van der Waals surface area (Å²) in [5.74, 6) is 0.217. The molecule has 0 atom stereocenters. The molecule has 1 aliphatic rings. The van der Waals surface area contributed by atoms with E-state index in [1.54, 1.807) is 0 Å². The third kappa shape index (κ3) is 4.27. The Balaban J connectivity index is 1.58. The van der Waals surface area contributed by atoms with Crippen LogP contribution in [0.1, 0.15) is 35.0 Å². The molecule has 2 amide bonds. The first-order chi connectivity index (χ1) is 12.6. The van der Waals surface area contributed by atoms with Gasteiger partial charge in [-0.15, -0.1) is 11.3 Å². The maximum Gasteiger partial charge on any atom is 0.263 e. The molecule has 4 nitrogen and oxygen atoms in total. The molecule has 0 radical (unpaired) electrons. The van der Waals surface area contributed by atoms with Gasteiger partial charge in [0.2, 0.25) is 5.91 Å². The van der Waals surface area contributed by atoms with Gasteiger partial charge in [0.1, 0.15) is 0 Å². The third-order valence-electron chi connectivity index (χ3n) is 4.88. The van der Waals surface area contributed by atoms with Gasteiger partial charge in [0.05, 0.1) is 4.88 Å². The lowest BCUT2D eigenvalue weighted by Crippen LogP contribution is -2.44. The van der Waals surface area contributed by atoms with E-state index in [9.17, 15) is 9.59 Å². The van der Waals surface area contributed by atoms with E-state index < -0.39 is 0 Å². The van der Waals surface area contributed by atoms with Gasteiger partial charge in [-0.3, -0.25) is 9.59 Å². The summed E-state index contributed by atoms with van der Waals surface area (Å²) in [6.45, 7) is 4.44. The van der Waals surface area contributed by atoms with Crippen molar-refractivity contribution in [3.05, 3.63) is 57.2 Å². The Morgan fingerprint density at radius 1 is 1.19 bits per heavy atom. The molecule has 0 unspecified atom stereocenters. The fourth-order valence-electron chi connectivity index (χ4n) is 3.32. The van der Waals surface area contributed by atoms with Crippen molar-refractivity contribution in [2.75, 3.05) is 19.6 Å². The molecule has 0 aliphatic carbocycles. The topological polar surface area (TPSA) is 40.6 Å². The van der Waals surface area contributed by atoms with E-state index in [-0.39, 0.29) is 17.7 Å². The average molecular weight is 391 g/mol. The molecule has 1 saturated heterocycles. The van der Waals surface area contributed by atoms with Gasteiger partial charge in [-0.05, 0) is 42.8 Å². The van der Waals surface area contributed by atoms with Crippen LogP contribution in [0.5, 0.6) is 0 Å². The molecule has 3 rings (SSSR count). The van der Waals surface area contributed by atoms with Crippen LogP contribution in [0.3, 0.4) is 0 Å².